The van der Waals surface area contributed by atoms with Crippen LogP contribution in [0.25, 0.3) is 0 Å². The summed E-state index contributed by atoms with van der Waals surface area (Å²) in [5, 5.41) is 0. The molecule has 0 rings (SSSR count). The van der Waals surface area contributed by atoms with Gasteiger partial charge in [0.2, 0.25) is 0 Å². The fraction of sp³-hybridized carbons (Fsp3) is 0.753. The van der Waals surface area contributed by atoms with Crippen LogP contribution in [0, 0.1) is 0 Å². The first-order chi connectivity index (χ1) is 41.0. The minimum atomic E-state index is -0.795. The van der Waals surface area contributed by atoms with Crippen molar-refractivity contribution in [2.45, 2.75) is 361 Å². The SMILES string of the molecule is CC/C=C\C/C=C\C/C=C\C/C=C\CCCCCCCCCCCCCCCCC(=O)OCC(COC(=O)CCCC/C=C\C/C=C\C/C=C\C/C=C\CC)OC(=O)CCCCCCCCCCCCCCCCCCCCCCCCC. The van der Waals surface area contributed by atoms with Gasteiger partial charge in [-0.25, -0.2) is 0 Å². The Labute approximate surface area is 515 Å². The number of unbranched alkanes of at least 4 members (excludes halogenated alkanes) is 38. The Bertz CT molecular complexity index is 1610. The van der Waals surface area contributed by atoms with Crippen LogP contribution < -0.4 is 0 Å². The van der Waals surface area contributed by atoms with Gasteiger partial charge in [-0.1, -0.05) is 336 Å². The highest BCUT2D eigenvalue weighted by molar-refractivity contribution is 5.71. The molecule has 6 nitrogen and oxygen atoms in total. The van der Waals surface area contributed by atoms with E-state index in [9.17, 15) is 14.4 Å². The number of carbonyl (C=O) groups excluding carboxylic acids is 3. The number of carbonyl (C=O) groups is 3. The van der Waals surface area contributed by atoms with Crippen molar-refractivity contribution < 1.29 is 28.6 Å². The topological polar surface area (TPSA) is 78.9 Å². The van der Waals surface area contributed by atoms with E-state index in [0.29, 0.717) is 19.3 Å². The van der Waals surface area contributed by atoms with Crippen LogP contribution in [-0.4, -0.2) is 37.2 Å². The van der Waals surface area contributed by atoms with E-state index in [4.69, 9.17) is 14.2 Å². The van der Waals surface area contributed by atoms with Crippen molar-refractivity contribution in [1.29, 1.82) is 0 Å². The van der Waals surface area contributed by atoms with E-state index in [-0.39, 0.29) is 31.1 Å². The number of hydrogen-bond acceptors (Lipinski definition) is 6. The van der Waals surface area contributed by atoms with Crippen molar-refractivity contribution in [2.24, 2.45) is 0 Å². The largest absolute Gasteiger partial charge is 0.462 e. The van der Waals surface area contributed by atoms with Gasteiger partial charge in [0.05, 0.1) is 0 Å². The molecule has 0 heterocycles. The molecule has 0 aliphatic rings. The molecule has 0 radical (unpaired) electrons. The van der Waals surface area contributed by atoms with E-state index in [1.54, 1.807) is 0 Å². The van der Waals surface area contributed by atoms with Crippen LogP contribution in [0.1, 0.15) is 355 Å². The number of hydrogen-bond donors (Lipinski definition) is 0. The maximum absolute atomic E-state index is 13.0. The van der Waals surface area contributed by atoms with Gasteiger partial charge in [-0.2, -0.15) is 0 Å². The van der Waals surface area contributed by atoms with Crippen LogP contribution in [0.3, 0.4) is 0 Å². The van der Waals surface area contributed by atoms with Crippen LogP contribution in [-0.2, 0) is 28.6 Å². The molecular weight excluding hydrogens is 1020 g/mol. The summed E-state index contributed by atoms with van der Waals surface area (Å²) in [6.07, 6.45) is 95.9. The van der Waals surface area contributed by atoms with Crippen molar-refractivity contribution in [2.75, 3.05) is 13.2 Å². The van der Waals surface area contributed by atoms with Crippen molar-refractivity contribution in [3.63, 3.8) is 0 Å². The minimum Gasteiger partial charge on any atom is -0.462 e. The van der Waals surface area contributed by atoms with Gasteiger partial charge in [0.25, 0.3) is 0 Å². The van der Waals surface area contributed by atoms with Gasteiger partial charge in [0, 0.05) is 19.3 Å². The van der Waals surface area contributed by atoms with Gasteiger partial charge >= 0.3 is 17.9 Å². The van der Waals surface area contributed by atoms with Crippen molar-refractivity contribution in [3.8, 4) is 0 Å². The predicted octanol–water partition coefficient (Wildman–Crippen LogP) is 24.8. The van der Waals surface area contributed by atoms with E-state index in [2.05, 4.69) is 118 Å². The average molecular weight is 1160 g/mol. The average Bonchev–Trinajstić information content (AvgIpc) is 3.49. The lowest BCUT2D eigenvalue weighted by molar-refractivity contribution is -0.167. The summed E-state index contributed by atoms with van der Waals surface area (Å²) in [6.45, 7) is 6.43. The first-order valence-corrected chi connectivity index (χ1v) is 35.7. The van der Waals surface area contributed by atoms with Crippen LogP contribution in [0.5, 0.6) is 0 Å². The molecule has 0 aromatic heterocycles. The molecular formula is C77H134O6. The highest BCUT2D eigenvalue weighted by atomic mass is 16.6. The first kappa shape index (κ1) is 79.3. The highest BCUT2D eigenvalue weighted by Gasteiger charge is 2.19. The maximum atomic E-state index is 13.0. The predicted molar refractivity (Wildman–Crippen MR) is 362 cm³/mol. The van der Waals surface area contributed by atoms with Crippen molar-refractivity contribution in [1.82, 2.24) is 0 Å². The van der Waals surface area contributed by atoms with Crippen molar-refractivity contribution in [3.05, 3.63) is 97.2 Å². The second kappa shape index (κ2) is 70.8. The second-order valence-electron chi connectivity index (χ2n) is 23.7. The second-order valence-corrected chi connectivity index (χ2v) is 23.7. The Hall–Kier alpha value is -3.67. The number of allylic oxidation sites excluding steroid dienone is 16. The molecule has 83 heavy (non-hydrogen) atoms. The Morgan fingerprint density at radius 1 is 0.253 bits per heavy atom. The standard InChI is InChI=1S/C77H134O6/c1-4-7-10-13-16-19-22-25-28-30-32-34-36-37-38-39-41-42-44-46-49-52-55-58-61-64-67-70-76(79)82-73-74(72-81-75(78)69-66-63-60-57-54-51-48-27-24-21-18-15-12-9-6-3)83-77(80)71-68-65-62-59-56-53-50-47-45-43-40-35-33-31-29-26-23-20-17-14-11-8-5-2/h7,9-10,12,16,18-19,21,25,27-28,32,34,48,54,57,74H,4-6,8,11,13-15,17,20,22-24,26,29-31,33,35-47,49-53,55-56,58-73H2,1-3H3/b10-7-,12-9-,19-16-,21-18-,28-25-,34-32-,48-27-,57-54-. The fourth-order valence-electron chi connectivity index (χ4n) is 10.3. The van der Waals surface area contributed by atoms with Crippen LogP contribution >= 0.6 is 0 Å². The van der Waals surface area contributed by atoms with Crippen LogP contribution in [0.15, 0.2) is 97.2 Å². The zero-order chi connectivity index (χ0) is 59.9. The quantitative estimate of drug-likeness (QED) is 0.0261. The molecule has 478 valence electrons. The highest BCUT2D eigenvalue weighted by Crippen LogP contribution is 2.18. The molecule has 0 aromatic carbocycles. The summed E-state index contributed by atoms with van der Waals surface area (Å²) in [5.41, 5.74) is 0. The minimum absolute atomic E-state index is 0.0875. The molecule has 0 aliphatic carbocycles. The molecule has 0 amide bonds. The third-order valence-electron chi connectivity index (χ3n) is 15.6. The molecule has 1 unspecified atom stereocenters. The number of ether oxygens (including phenoxy) is 3. The summed E-state index contributed by atoms with van der Waals surface area (Å²) in [6, 6.07) is 0. The van der Waals surface area contributed by atoms with Gasteiger partial charge in [-0.15, -0.1) is 0 Å². The lowest BCUT2D eigenvalue weighted by atomic mass is 10.0. The summed E-state index contributed by atoms with van der Waals surface area (Å²) >= 11 is 0. The molecule has 0 spiro atoms. The van der Waals surface area contributed by atoms with E-state index in [0.717, 1.165) is 109 Å². The Morgan fingerprint density at radius 3 is 0.759 bits per heavy atom. The molecule has 0 N–H and O–H groups in total. The fourth-order valence-corrected chi connectivity index (χ4v) is 10.3. The Kier molecular flexibility index (Phi) is 67.7. The summed E-state index contributed by atoms with van der Waals surface area (Å²) in [4.78, 5) is 38.5. The number of rotatable bonds is 65. The number of esters is 3. The van der Waals surface area contributed by atoms with Gasteiger partial charge in [0.15, 0.2) is 6.10 Å². The molecule has 0 saturated carbocycles. The summed E-state index contributed by atoms with van der Waals surface area (Å²) in [7, 11) is 0. The normalized spacial score (nSPS) is 12.7. The van der Waals surface area contributed by atoms with Crippen molar-refractivity contribution >= 4 is 17.9 Å². The van der Waals surface area contributed by atoms with Crippen LogP contribution in [0.4, 0.5) is 0 Å². The lowest BCUT2D eigenvalue weighted by Gasteiger charge is -2.18. The third-order valence-corrected chi connectivity index (χ3v) is 15.6. The van der Waals surface area contributed by atoms with Gasteiger partial charge < -0.3 is 14.2 Å². The summed E-state index contributed by atoms with van der Waals surface area (Å²) in [5.74, 6) is -0.912. The van der Waals surface area contributed by atoms with E-state index < -0.39 is 6.10 Å². The smallest absolute Gasteiger partial charge is 0.306 e. The van der Waals surface area contributed by atoms with Gasteiger partial charge in [-0.05, 0) is 96.3 Å². The zero-order valence-corrected chi connectivity index (χ0v) is 54.9. The molecule has 1 atom stereocenters. The third kappa shape index (κ3) is 69.0. The van der Waals surface area contributed by atoms with Gasteiger partial charge in [-0.3, -0.25) is 14.4 Å². The lowest BCUT2D eigenvalue weighted by Crippen LogP contribution is -2.30. The van der Waals surface area contributed by atoms with E-state index in [1.807, 2.05) is 0 Å². The van der Waals surface area contributed by atoms with E-state index in [1.165, 1.54) is 205 Å². The molecule has 0 aliphatic heterocycles. The maximum Gasteiger partial charge on any atom is 0.306 e. The molecule has 0 fully saturated rings. The van der Waals surface area contributed by atoms with Crippen LogP contribution in [0.2, 0.25) is 0 Å². The molecule has 0 saturated heterocycles. The van der Waals surface area contributed by atoms with E-state index >= 15 is 0 Å². The monoisotopic (exact) mass is 1160 g/mol. The molecule has 6 heteroatoms. The Balaban J connectivity index is 4.30. The molecule has 0 aromatic rings. The summed E-state index contributed by atoms with van der Waals surface area (Å²) < 4.78 is 17.0. The van der Waals surface area contributed by atoms with Gasteiger partial charge in [0.1, 0.15) is 13.2 Å². The molecule has 0 bridgehead atoms. The first-order valence-electron chi connectivity index (χ1n) is 35.7. The zero-order valence-electron chi connectivity index (χ0n) is 54.9. The Morgan fingerprint density at radius 2 is 0.470 bits per heavy atom.